The molecule has 4 amide bonds. The molecule has 1 N–H and O–H groups in total. The van der Waals surface area contributed by atoms with Crippen LogP contribution in [0.1, 0.15) is 49.7 Å². The van der Waals surface area contributed by atoms with Gasteiger partial charge in [-0.2, -0.15) is 0 Å². The normalized spacial score (nSPS) is 31.9. The monoisotopic (exact) mass is 552 g/mol. The maximum Gasteiger partial charge on any atom is 0.335 e. The van der Waals surface area contributed by atoms with E-state index in [4.69, 9.17) is 0 Å². The first-order valence-electron chi connectivity index (χ1n) is 11.7. The molecule has 33 heavy (non-hydrogen) atoms. The van der Waals surface area contributed by atoms with Crippen LogP contribution in [0.15, 0.2) is 54.1 Å². The largest absolute Gasteiger partial charge is 0.335 e. The van der Waals surface area contributed by atoms with E-state index >= 15 is 0 Å². The summed E-state index contributed by atoms with van der Waals surface area (Å²) in [6.07, 6.45) is 9.51. The highest BCUT2D eigenvalue weighted by Crippen LogP contribution is 2.60. The van der Waals surface area contributed by atoms with Gasteiger partial charge >= 0.3 is 6.03 Å². The maximum atomic E-state index is 13.2. The predicted molar refractivity (Wildman–Crippen MR) is 134 cm³/mol. The fraction of sp³-hybridized carbons (Fsp3) is 0.370. The fourth-order valence-electron chi connectivity index (χ4n) is 7.08. The number of benzene rings is 2. The van der Waals surface area contributed by atoms with E-state index in [1.165, 1.54) is 44.1 Å². The van der Waals surface area contributed by atoms with Crippen LogP contribution in [0.25, 0.3) is 6.08 Å². The Kier molecular flexibility index (Phi) is 4.98. The molecule has 5 aliphatic rings. The van der Waals surface area contributed by atoms with E-state index in [-0.39, 0.29) is 11.0 Å². The SMILES string of the molecule is O=C1NC(=O)N(c2ccc(C34CC5CC(CC(C5)C3)C4)cc2)C(=O)C1=Cc1cccc(I)c1. The van der Waals surface area contributed by atoms with Crippen molar-refractivity contribution in [1.29, 1.82) is 0 Å². The number of nitrogens with one attached hydrogen (secondary N) is 1. The molecule has 4 saturated carbocycles. The van der Waals surface area contributed by atoms with Crippen molar-refractivity contribution >= 4 is 52.2 Å². The number of nitrogens with zero attached hydrogens (tertiary/aromatic N) is 1. The Morgan fingerprint density at radius 1 is 0.909 bits per heavy atom. The molecule has 0 aromatic heterocycles. The third kappa shape index (κ3) is 3.63. The van der Waals surface area contributed by atoms with Crippen LogP contribution in [-0.4, -0.2) is 17.8 Å². The number of rotatable bonds is 3. The average molecular weight is 552 g/mol. The summed E-state index contributed by atoms with van der Waals surface area (Å²) in [6, 6.07) is 14.7. The molecule has 6 heteroatoms. The van der Waals surface area contributed by atoms with E-state index in [1.54, 1.807) is 6.08 Å². The molecular formula is C27H25IN2O3. The lowest BCUT2D eigenvalue weighted by atomic mass is 9.48. The van der Waals surface area contributed by atoms with Crippen LogP contribution in [0.2, 0.25) is 0 Å². The van der Waals surface area contributed by atoms with Crippen LogP contribution < -0.4 is 10.2 Å². The summed E-state index contributed by atoms with van der Waals surface area (Å²) in [5, 5.41) is 2.32. The van der Waals surface area contributed by atoms with Crippen molar-refractivity contribution in [3.63, 3.8) is 0 Å². The molecule has 1 heterocycles. The van der Waals surface area contributed by atoms with Gasteiger partial charge in [-0.1, -0.05) is 24.3 Å². The van der Waals surface area contributed by atoms with Crippen molar-refractivity contribution in [1.82, 2.24) is 5.32 Å². The molecular weight excluding hydrogens is 527 g/mol. The fourth-order valence-corrected chi connectivity index (χ4v) is 7.65. The van der Waals surface area contributed by atoms with Crippen LogP contribution >= 0.6 is 22.6 Å². The van der Waals surface area contributed by atoms with Gasteiger partial charge in [0, 0.05) is 3.57 Å². The molecule has 1 aliphatic heterocycles. The molecule has 0 spiro atoms. The number of halogens is 1. The Morgan fingerprint density at radius 2 is 1.55 bits per heavy atom. The third-order valence-corrected chi connectivity index (χ3v) is 8.71. The molecule has 0 atom stereocenters. The first kappa shape index (κ1) is 21.1. The summed E-state index contributed by atoms with van der Waals surface area (Å²) >= 11 is 2.18. The van der Waals surface area contributed by atoms with Crippen LogP contribution in [0, 0.1) is 21.3 Å². The Bertz CT molecular complexity index is 1160. The van der Waals surface area contributed by atoms with Gasteiger partial charge in [0.1, 0.15) is 5.57 Å². The summed E-state index contributed by atoms with van der Waals surface area (Å²) in [6.45, 7) is 0. The van der Waals surface area contributed by atoms with Gasteiger partial charge < -0.3 is 0 Å². The van der Waals surface area contributed by atoms with Gasteiger partial charge in [0.2, 0.25) is 0 Å². The predicted octanol–water partition coefficient (Wildman–Crippen LogP) is 5.43. The summed E-state index contributed by atoms with van der Waals surface area (Å²) in [5.41, 5.74) is 2.79. The summed E-state index contributed by atoms with van der Waals surface area (Å²) < 4.78 is 0.999. The zero-order valence-corrected chi connectivity index (χ0v) is 20.4. The van der Waals surface area contributed by atoms with E-state index in [0.29, 0.717) is 5.69 Å². The van der Waals surface area contributed by atoms with Gasteiger partial charge in [0.15, 0.2) is 0 Å². The number of anilines is 1. The number of carbonyl (C=O) groups excluding carboxylic acids is 3. The molecule has 5 nitrogen and oxygen atoms in total. The van der Waals surface area contributed by atoms with Gasteiger partial charge in [0.05, 0.1) is 5.69 Å². The molecule has 2 aromatic rings. The van der Waals surface area contributed by atoms with Crippen molar-refractivity contribution in [3.8, 4) is 0 Å². The van der Waals surface area contributed by atoms with Crippen molar-refractivity contribution in [2.24, 2.45) is 17.8 Å². The number of hydrogen-bond acceptors (Lipinski definition) is 3. The molecule has 0 radical (unpaired) electrons. The Balaban J connectivity index is 1.30. The smallest absolute Gasteiger partial charge is 0.273 e. The second-order valence-corrected chi connectivity index (χ2v) is 11.5. The molecule has 1 saturated heterocycles. The minimum absolute atomic E-state index is 0.0400. The first-order chi connectivity index (χ1) is 15.9. The van der Waals surface area contributed by atoms with Crippen molar-refractivity contribution in [2.75, 3.05) is 4.90 Å². The second kappa shape index (κ2) is 7.79. The average Bonchev–Trinajstić information content (AvgIpc) is 2.76. The van der Waals surface area contributed by atoms with Gasteiger partial charge in [0.25, 0.3) is 11.8 Å². The standard InChI is InChI=1S/C27H25IN2O3/c28-21-3-1-2-16(11-21)12-23-24(31)29-26(33)30(25(23)32)22-6-4-20(5-7-22)27-13-17-8-18(14-27)10-19(9-17)15-27/h1-7,11-12,17-19H,8-10,13-15H2,(H,29,31,33). The highest BCUT2D eigenvalue weighted by atomic mass is 127. The highest BCUT2D eigenvalue weighted by molar-refractivity contribution is 14.1. The quantitative estimate of drug-likeness (QED) is 0.314. The lowest BCUT2D eigenvalue weighted by Crippen LogP contribution is -2.54. The van der Waals surface area contributed by atoms with E-state index in [9.17, 15) is 14.4 Å². The van der Waals surface area contributed by atoms with Crippen molar-refractivity contribution in [3.05, 3.63) is 68.8 Å². The minimum atomic E-state index is -0.702. The summed E-state index contributed by atoms with van der Waals surface area (Å²) in [5.74, 6) is 1.30. The van der Waals surface area contributed by atoms with Gasteiger partial charge in [-0.3, -0.25) is 14.9 Å². The van der Waals surface area contributed by atoms with Crippen LogP contribution in [0.5, 0.6) is 0 Å². The lowest BCUT2D eigenvalue weighted by Gasteiger charge is -2.57. The number of hydrogen-bond donors (Lipinski definition) is 1. The second-order valence-electron chi connectivity index (χ2n) is 10.3. The summed E-state index contributed by atoms with van der Waals surface area (Å²) in [7, 11) is 0. The topological polar surface area (TPSA) is 66.5 Å². The Hall–Kier alpha value is -2.48. The summed E-state index contributed by atoms with van der Waals surface area (Å²) in [4.78, 5) is 39.4. The maximum absolute atomic E-state index is 13.2. The van der Waals surface area contributed by atoms with Gasteiger partial charge in [-0.15, -0.1) is 0 Å². The molecule has 7 rings (SSSR count). The van der Waals surface area contributed by atoms with E-state index in [1.807, 2.05) is 36.4 Å². The van der Waals surface area contributed by atoms with Crippen molar-refractivity contribution in [2.45, 2.75) is 43.9 Å². The molecule has 4 bridgehead atoms. The molecule has 2 aromatic carbocycles. The van der Waals surface area contributed by atoms with Crippen LogP contribution in [0.3, 0.4) is 0 Å². The lowest BCUT2D eigenvalue weighted by molar-refractivity contribution is -0.122. The number of carbonyl (C=O) groups is 3. The van der Waals surface area contributed by atoms with E-state index in [2.05, 4.69) is 40.0 Å². The van der Waals surface area contributed by atoms with Crippen molar-refractivity contribution < 1.29 is 14.4 Å². The molecule has 168 valence electrons. The van der Waals surface area contributed by atoms with Crippen LogP contribution in [-0.2, 0) is 15.0 Å². The van der Waals surface area contributed by atoms with E-state index < -0.39 is 17.8 Å². The Morgan fingerprint density at radius 3 is 2.15 bits per heavy atom. The zero-order valence-electron chi connectivity index (χ0n) is 18.2. The molecule has 0 unspecified atom stereocenters. The highest BCUT2D eigenvalue weighted by Gasteiger charge is 2.51. The number of urea groups is 1. The minimum Gasteiger partial charge on any atom is -0.273 e. The van der Waals surface area contributed by atoms with E-state index in [0.717, 1.165) is 31.8 Å². The number of amides is 4. The Labute approximate surface area is 206 Å². The van der Waals surface area contributed by atoms with Gasteiger partial charge in [-0.05, 0) is 126 Å². The third-order valence-electron chi connectivity index (χ3n) is 8.04. The zero-order chi connectivity index (χ0) is 22.7. The molecule has 4 aliphatic carbocycles. The first-order valence-corrected chi connectivity index (χ1v) is 12.8. The van der Waals surface area contributed by atoms with Crippen LogP contribution in [0.4, 0.5) is 10.5 Å². The number of barbiturate groups is 1. The van der Waals surface area contributed by atoms with Gasteiger partial charge in [-0.25, -0.2) is 9.69 Å². The number of imide groups is 2. The molecule has 5 fully saturated rings.